The van der Waals surface area contributed by atoms with Gasteiger partial charge in [0.1, 0.15) is 0 Å². The number of nitrogens with zero attached hydrogens (tertiary/aromatic N) is 2. The number of aryl methyl sites for hydroxylation is 1. The fourth-order valence-corrected chi connectivity index (χ4v) is 3.71. The van der Waals surface area contributed by atoms with Crippen molar-refractivity contribution in [3.8, 4) is 0 Å². The summed E-state index contributed by atoms with van der Waals surface area (Å²) in [5.41, 5.74) is 3.28. The van der Waals surface area contributed by atoms with Crippen LogP contribution in [0.3, 0.4) is 0 Å². The van der Waals surface area contributed by atoms with Crippen molar-refractivity contribution in [3.63, 3.8) is 0 Å². The molecule has 3 rings (SSSR count). The smallest absolute Gasteiger partial charge is 0.253 e. The van der Waals surface area contributed by atoms with Crippen LogP contribution in [0.5, 0.6) is 0 Å². The largest absolute Gasteiger partial charge is 0.355 e. The number of piperazine rings is 1. The van der Waals surface area contributed by atoms with Crippen LogP contribution in [0, 0.1) is 13.8 Å². The number of aromatic amines is 1. The molecule has 1 fully saturated rings. The summed E-state index contributed by atoms with van der Waals surface area (Å²) in [6.07, 6.45) is 0. The minimum atomic E-state index is -0.0339. The number of Topliss-reactive ketones (excluding diaryl/α,β-unsaturated/α-hetero) is 2. The molecule has 1 aromatic carbocycles. The molecule has 0 aliphatic carbocycles. The minimum absolute atomic E-state index is 0.0223. The van der Waals surface area contributed by atoms with Gasteiger partial charge >= 0.3 is 0 Å². The van der Waals surface area contributed by atoms with E-state index in [0.29, 0.717) is 43.0 Å². The van der Waals surface area contributed by atoms with Gasteiger partial charge in [-0.3, -0.25) is 19.3 Å². The second-order valence-corrected chi connectivity index (χ2v) is 7.04. The first-order valence-electron chi connectivity index (χ1n) is 9.18. The number of H-pyrrole nitrogens is 1. The summed E-state index contributed by atoms with van der Waals surface area (Å²) < 4.78 is 0. The van der Waals surface area contributed by atoms with Crippen LogP contribution >= 0.6 is 0 Å². The zero-order chi connectivity index (χ0) is 19.6. The van der Waals surface area contributed by atoms with Crippen molar-refractivity contribution >= 4 is 17.5 Å². The number of carbonyl (C=O) groups excluding carboxylic acids is 3. The number of hydrogen-bond acceptors (Lipinski definition) is 4. The quantitative estimate of drug-likeness (QED) is 0.824. The van der Waals surface area contributed by atoms with E-state index in [0.717, 1.165) is 11.3 Å². The van der Waals surface area contributed by atoms with Gasteiger partial charge in [-0.15, -0.1) is 0 Å². The summed E-state index contributed by atoms with van der Waals surface area (Å²) in [7, 11) is 0. The summed E-state index contributed by atoms with van der Waals surface area (Å²) in [6.45, 7) is 7.93. The molecule has 0 saturated carbocycles. The SMILES string of the molecule is CC(=O)c1c(C)[nH]c(C(=O)CN2CCN(C(=O)c3ccccc3)CC2)c1C. The van der Waals surface area contributed by atoms with Crippen LogP contribution in [0.1, 0.15) is 49.4 Å². The van der Waals surface area contributed by atoms with Crippen LogP contribution in [-0.2, 0) is 0 Å². The van der Waals surface area contributed by atoms with Gasteiger partial charge < -0.3 is 9.88 Å². The van der Waals surface area contributed by atoms with E-state index in [9.17, 15) is 14.4 Å². The zero-order valence-corrected chi connectivity index (χ0v) is 16.0. The van der Waals surface area contributed by atoms with E-state index in [1.165, 1.54) is 6.92 Å². The van der Waals surface area contributed by atoms with Crippen LogP contribution in [0.15, 0.2) is 30.3 Å². The third-order valence-corrected chi connectivity index (χ3v) is 5.12. The van der Waals surface area contributed by atoms with Gasteiger partial charge in [0.15, 0.2) is 11.6 Å². The fourth-order valence-electron chi connectivity index (χ4n) is 3.71. The van der Waals surface area contributed by atoms with E-state index in [1.807, 2.05) is 49.1 Å². The highest BCUT2D eigenvalue weighted by atomic mass is 16.2. The summed E-state index contributed by atoms with van der Waals surface area (Å²) >= 11 is 0. The van der Waals surface area contributed by atoms with Crippen molar-refractivity contribution in [3.05, 3.63) is 58.4 Å². The Morgan fingerprint density at radius 3 is 2.19 bits per heavy atom. The van der Waals surface area contributed by atoms with Crippen LogP contribution < -0.4 is 0 Å². The van der Waals surface area contributed by atoms with Gasteiger partial charge in [-0.2, -0.15) is 0 Å². The fraction of sp³-hybridized carbons (Fsp3) is 0.381. The lowest BCUT2D eigenvalue weighted by Crippen LogP contribution is -2.50. The Bertz CT molecular complexity index is 862. The normalized spacial score (nSPS) is 15.0. The Hall–Kier alpha value is -2.73. The van der Waals surface area contributed by atoms with Crippen molar-refractivity contribution in [1.29, 1.82) is 0 Å². The number of hydrogen-bond donors (Lipinski definition) is 1. The second-order valence-electron chi connectivity index (χ2n) is 7.04. The van der Waals surface area contributed by atoms with E-state index in [4.69, 9.17) is 0 Å². The van der Waals surface area contributed by atoms with Crippen LogP contribution in [0.25, 0.3) is 0 Å². The van der Waals surface area contributed by atoms with Gasteiger partial charge in [-0.25, -0.2) is 0 Å². The number of rotatable bonds is 5. The van der Waals surface area contributed by atoms with Gasteiger partial charge in [-0.1, -0.05) is 18.2 Å². The average Bonchev–Trinajstić information content (AvgIpc) is 2.97. The number of ketones is 2. The molecule has 27 heavy (non-hydrogen) atoms. The molecule has 1 aliphatic heterocycles. The Labute approximate surface area is 159 Å². The topological polar surface area (TPSA) is 73.5 Å². The molecule has 2 aromatic rings. The highest BCUT2D eigenvalue weighted by molar-refractivity contribution is 6.04. The second kappa shape index (κ2) is 7.88. The molecule has 6 heteroatoms. The van der Waals surface area contributed by atoms with Crippen molar-refractivity contribution in [2.75, 3.05) is 32.7 Å². The maximum atomic E-state index is 12.7. The molecule has 142 valence electrons. The van der Waals surface area contributed by atoms with Gasteiger partial charge in [0.05, 0.1) is 12.2 Å². The maximum absolute atomic E-state index is 12.7. The Kier molecular flexibility index (Phi) is 5.56. The van der Waals surface area contributed by atoms with E-state index in [1.54, 1.807) is 0 Å². The molecule has 1 N–H and O–H groups in total. The molecule has 0 spiro atoms. The molecule has 0 unspecified atom stereocenters. The summed E-state index contributed by atoms with van der Waals surface area (Å²) in [6, 6.07) is 9.25. The number of amides is 1. The number of benzene rings is 1. The molecule has 0 bridgehead atoms. The van der Waals surface area contributed by atoms with Crippen molar-refractivity contribution < 1.29 is 14.4 Å². The number of nitrogens with one attached hydrogen (secondary N) is 1. The Balaban J connectivity index is 1.60. The summed E-state index contributed by atoms with van der Waals surface area (Å²) in [5.74, 6) is -0.0252. The molecule has 1 saturated heterocycles. The number of carbonyl (C=O) groups is 3. The Morgan fingerprint density at radius 2 is 1.63 bits per heavy atom. The molecule has 6 nitrogen and oxygen atoms in total. The molecule has 0 radical (unpaired) electrons. The first-order chi connectivity index (χ1) is 12.9. The summed E-state index contributed by atoms with van der Waals surface area (Å²) in [5, 5.41) is 0. The van der Waals surface area contributed by atoms with Gasteiger partial charge in [0, 0.05) is 43.0 Å². The van der Waals surface area contributed by atoms with Crippen LogP contribution in [-0.4, -0.2) is 65.0 Å². The van der Waals surface area contributed by atoms with Crippen LogP contribution in [0.2, 0.25) is 0 Å². The third kappa shape index (κ3) is 4.01. The van der Waals surface area contributed by atoms with E-state index in [-0.39, 0.29) is 24.0 Å². The monoisotopic (exact) mass is 367 g/mol. The highest BCUT2D eigenvalue weighted by Crippen LogP contribution is 2.19. The summed E-state index contributed by atoms with van der Waals surface area (Å²) in [4.78, 5) is 43.9. The molecule has 1 aromatic heterocycles. The lowest BCUT2D eigenvalue weighted by molar-refractivity contribution is 0.0623. The predicted octanol–water partition coefficient (Wildman–Crippen LogP) is 2.47. The molecular weight excluding hydrogens is 342 g/mol. The zero-order valence-electron chi connectivity index (χ0n) is 16.0. The molecular formula is C21H25N3O3. The first kappa shape index (κ1) is 19.0. The number of aromatic nitrogens is 1. The van der Waals surface area contributed by atoms with E-state index in [2.05, 4.69) is 9.88 Å². The van der Waals surface area contributed by atoms with Crippen molar-refractivity contribution in [2.24, 2.45) is 0 Å². The van der Waals surface area contributed by atoms with Crippen LogP contribution in [0.4, 0.5) is 0 Å². The average molecular weight is 367 g/mol. The molecule has 0 atom stereocenters. The molecule has 2 heterocycles. The lowest BCUT2D eigenvalue weighted by Gasteiger charge is -2.34. The van der Waals surface area contributed by atoms with Gasteiger partial charge in [0.25, 0.3) is 5.91 Å². The standard InChI is InChI=1S/C21H25N3O3/c1-14-19(16(3)25)15(2)22-20(14)18(26)13-23-9-11-24(12-10-23)21(27)17-7-5-4-6-8-17/h4-8,22H,9-13H2,1-3H3. The third-order valence-electron chi connectivity index (χ3n) is 5.12. The highest BCUT2D eigenvalue weighted by Gasteiger charge is 2.25. The van der Waals surface area contributed by atoms with Crippen molar-refractivity contribution in [2.45, 2.75) is 20.8 Å². The lowest BCUT2D eigenvalue weighted by atomic mass is 10.1. The first-order valence-corrected chi connectivity index (χ1v) is 9.18. The van der Waals surface area contributed by atoms with E-state index < -0.39 is 0 Å². The van der Waals surface area contributed by atoms with Gasteiger partial charge in [-0.05, 0) is 38.5 Å². The molecule has 1 aliphatic rings. The minimum Gasteiger partial charge on any atom is -0.355 e. The molecule has 1 amide bonds. The predicted molar refractivity (Wildman–Crippen MR) is 103 cm³/mol. The van der Waals surface area contributed by atoms with Gasteiger partial charge in [0.2, 0.25) is 0 Å². The maximum Gasteiger partial charge on any atom is 0.253 e. The Morgan fingerprint density at radius 1 is 1.00 bits per heavy atom. The van der Waals surface area contributed by atoms with E-state index >= 15 is 0 Å². The van der Waals surface area contributed by atoms with Crippen molar-refractivity contribution in [1.82, 2.24) is 14.8 Å².